The number of hydroxylamine groups is 1. The molecule has 3 heterocycles. The highest BCUT2D eigenvalue weighted by Gasteiger charge is 2.24. The van der Waals surface area contributed by atoms with Gasteiger partial charge in [-0.15, -0.1) is 0 Å². The predicted octanol–water partition coefficient (Wildman–Crippen LogP) is 3.18. The smallest absolute Gasteiger partial charge is 0.280 e. The van der Waals surface area contributed by atoms with E-state index >= 15 is 0 Å². The molecule has 1 aliphatic heterocycles. The molecule has 2 fully saturated rings. The molecule has 2 aliphatic rings. The lowest BCUT2D eigenvalue weighted by Crippen LogP contribution is -2.30. The quantitative estimate of drug-likeness (QED) is 0.525. The number of hydrogen-bond acceptors (Lipinski definition) is 7. The Morgan fingerprint density at radius 1 is 1.06 bits per heavy atom. The zero-order chi connectivity index (χ0) is 24.4. The van der Waals surface area contributed by atoms with Crippen molar-refractivity contribution in [3.63, 3.8) is 0 Å². The largest absolute Gasteiger partial charge is 0.339 e. The first kappa shape index (κ1) is 23.0. The standard InChI is InChI=1S/C25H28N6O4/c1-35-29-23(33)20-15-31(18-6-2-3-7-18)22-19(21(20)32)14-26-25(28-22)27-17-10-8-16(9-11-17)24(34)30-12-4-5-13-30/h8-11,14-15,18H,2-7,12-13H2,1H3,(H,29,33)(H,26,27,28). The number of carbonyl (C=O) groups is 2. The molecule has 10 nitrogen and oxygen atoms in total. The number of anilines is 2. The van der Waals surface area contributed by atoms with E-state index in [0.29, 0.717) is 17.2 Å². The lowest BCUT2D eigenvalue weighted by molar-refractivity contribution is 0.0535. The summed E-state index contributed by atoms with van der Waals surface area (Å²) in [5.41, 5.74) is 3.63. The minimum Gasteiger partial charge on any atom is -0.339 e. The molecule has 1 aliphatic carbocycles. The van der Waals surface area contributed by atoms with Gasteiger partial charge in [-0.1, -0.05) is 12.8 Å². The van der Waals surface area contributed by atoms with Crippen molar-refractivity contribution >= 4 is 34.5 Å². The Morgan fingerprint density at radius 3 is 2.46 bits per heavy atom. The second-order valence-corrected chi connectivity index (χ2v) is 8.99. The van der Waals surface area contributed by atoms with Gasteiger partial charge in [0, 0.05) is 42.8 Å². The van der Waals surface area contributed by atoms with E-state index in [1.807, 2.05) is 21.6 Å². The lowest BCUT2D eigenvalue weighted by Gasteiger charge is -2.19. The number of likely N-dealkylation sites (tertiary alicyclic amines) is 1. The number of amides is 2. The van der Waals surface area contributed by atoms with Crippen LogP contribution in [0.3, 0.4) is 0 Å². The Bertz CT molecular complexity index is 1310. The van der Waals surface area contributed by atoms with Crippen LogP contribution < -0.4 is 16.2 Å². The summed E-state index contributed by atoms with van der Waals surface area (Å²) < 4.78 is 1.92. The van der Waals surface area contributed by atoms with Gasteiger partial charge in [0.15, 0.2) is 0 Å². The van der Waals surface area contributed by atoms with Crippen molar-refractivity contribution in [3.8, 4) is 0 Å². The molecule has 1 aromatic carbocycles. The number of nitrogens with one attached hydrogen (secondary N) is 2. The number of nitrogens with zero attached hydrogens (tertiary/aromatic N) is 4. The molecule has 10 heteroatoms. The van der Waals surface area contributed by atoms with E-state index < -0.39 is 11.3 Å². The summed E-state index contributed by atoms with van der Waals surface area (Å²) in [6.45, 7) is 1.61. The number of rotatable bonds is 6. The summed E-state index contributed by atoms with van der Waals surface area (Å²) in [7, 11) is 1.32. The summed E-state index contributed by atoms with van der Waals surface area (Å²) in [6, 6.07) is 7.36. The van der Waals surface area contributed by atoms with Crippen molar-refractivity contribution in [1.82, 2.24) is 24.9 Å². The molecule has 0 radical (unpaired) electrons. The molecular formula is C25H28N6O4. The highest BCUT2D eigenvalue weighted by Crippen LogP contribution is 2.31. The molecule has 35 heavy (non-hydrogen) atoms. The van der Waals surface area contributed by atoms with Crippen molar-refractivity contribution in [2.45, 2.75) is 44.6 Å². The molecule has 2 N–H and O–H groups in total. The van der Waals surface area contributed by atoms with Gasteiger partial charge < -0.3 is 14.8 Å². The van der Waals surface area contributed by atoms with Crippen LogP contribution in [-0.4, -0.2) is 51.4 Å². The van der Waals surface area contributed by atoms with Crippen molar-refractivity contribution < 1.29 is 14.4 Å². The summed E-state index contributed by atoms with van der Waals surface area (Å²) >= 11 is 0. The van der Waals surface area contributed by atoms with Gasteiger partial charge >= 0.3 is 0 Å². The second-order valence-electron chi connectivity index (χ2n) is 8.99. The zero-order valence-corrected chi connectivity index (χ0v) is 19.6. The van der Waals surface area contributed by atoms with Crippen LogP contribution in [0.5, 0.6) is 0 Å². The van der Waals surface area contributed by atoms with Crippen LogP contribution >= 0.6 is 0 Å². The van der Waals surface area contributed by atoms with Crippen molar-refractivity contribution in [1.29, 1.82) is 0 Å². The monoisotopic (exact) mass is 476 g/mol. The molecular weight excluding hydrogens is 448 g/mol. The summed E-state index contributed by atoms with van der Waals surface area (Å²) in [5.74, 6) is -0.224. The van der Waals surface area contributed by atoms with Gasteiger partial charge in [-0.05, 0) is 49.9 Å². The first-order chi connectivity index (χ1) is 17.0. The average molecular weight is 477 g/mol. The third-order valence-electron chi connectivity index (χ3n) is 6.71. The molecule has 5 rings (SSSR count). The SMILES string of the molecule is CONC(=O)c1cn(C2CCCC2)c2nc(Nc3ccc(C(=O)N4CCCC4)cc3)ncc2c1=O. The highest BCUT2D eigenvalue weighted by atomic mass is 16.6. The van der Waals surface area contributed by atoms with E-state index in [9.17, 15) is 14.4 Å². The van der Waals surface area contributed by atoms with E-state index in [0.717, 1.165) is 57.3 Å². The lowest BCUT2D eigenvalue weighted by atomic mass is 10.1. The average Bonchev–Trinajstić information content (AvgIpc) is 3.59. The number of benzene rings is 1. The first-order valence-corrected chi connectivity index (χ1v) is 12.0. The van der Waals surface area contributed by atoms with Gasteiger partial charge in [-0.2, -0.15) is 4.98 Å². The molecule has 3 aromatic rings. The van der Waals surface area contributed by atoms with Gasteiger partial charge in [-0.3, -0.25) is 19.2 Å². The van der Waals surface area contributed by atoms with E-state index in [1.165, 1.54) is 13.3 Å². The second kappa shape index (κ2) is 9.83. The molecule has 1 saturated heterocycles. The maximum absolute atomic E-state index is 13.0. The predicted molar refractivity (Wildman–Crippen MR) is 131 cm³/mol. The van der Waals surface area contributed by atoms with E-state index in [2.05, 4.69) is 20.8 Å². The van der Waals surface area contributed by atoms with Crippen LogP contribution in [0.4, 0.5) is 11.6 Å². The molecule has 0 bridgehead atoms. The van der Waals surface area contributed by atoms with Crippen molar-refractivity contribution in [3.05, 3.63) is 58.0 Å². The number of fused-ring (bicyclic) bond motifs is 1. The summed E-state index contributed by atoms with van der Waals surface area (Å²) in [5, 5.41) is 3.44. The highest BCUT2D eigenvalue weighted by molar-refractivity contribution is 5.96. The normalized spacial score (nSPS) is 16.1. The van der Waals surface area contributed by atoms with Crippen LogP contribution in [0.2, 0.25) is 0 Å². The van der Waals surface area contributed by atoms with Crippen LogP contribution in [0, 0.1) is 0 Å². The fraction of sp³-hybridized carbons (Fsp3) is 0.400. The maximum atomic E-state index is 13.0. The maximum Gasteiger partial charge on any atom is 0.280 e. The Kier molecular flexibility index (Phi) is 6.45. The third kappa shape index (κ3) is 4.61. The summed E-state index contributed by atoms with van der Waals surface area (Å²) in [6.07, 6.45) is 9.18. The Labute approximate surface area is 202 Å². The molecule has 182 valence electrons. The molecule has 1 saturated carbocycles. The van der Waals surface area contributed by atoms with Crippen LogP contribution in [0.25, 0.3) is 11.0 Å². The van der Waals surface area contributed by atoms with Crippen molar-refractivity contribution in [2.75, 3.05) is 25.5 Å². The Hall–Kier alpha value is -3.79. The van der Waals surface area contributed by atoms with E-state index in [1.54, 1.807) is 18.3 Å². The van der Waals surface area contributed by atoms with Crippen molar-refractivity contribution in [2.24, 2.45) is 0 Å². The summed E-state index contributed by atoms with van der Waals surface area (Å²) in [4.78, 5) is 53.6. The Morgan fingerprint density at radius 2 is 1.77 bits per heavy atom. The molecule has 0 unspecified atom stereocenters. The van der Waals surface area contributed by atoms with Crippen LogP contribution in [0.15, 0.2) is 41.5 Å². The molecule has 2 aromatic heterocycles. The van der Waals surface area contributed by atoms with Gasteiger partial charge in [0.05, 0.1) is 12.5 Å². The minimum atomic E-state index is -0.600. The van der Waals surface area contributed by atoms with Gasteiger partial charge in [0.25, 0.3) is 11.8 Å². The van der Waals surface area contributed by atoms with Crippen LogP contribution in [0.1, 0.15) is 65.3 Å². The van der Waals surface area contributed by atoms with Gasteiger partial charge in [0.2, 0.25) is 11.4 Å². The number of pyridine rings is 1. The third-order valence-corrected chi connectivity index (χ3v) is 6.71. The number of hydrogen-bond donors (Lipinski definition) is 2. The topological polar surface area (TPSA) is 118 Å². The van der Waals surface area contributed by atoms with E-state index in [4.69, 9.17) is 4.84 Å². The minimum absolute atomic E-state index is 0.00572. The molecule has 0 atom stereocenters. The fourth-order valence-corrected chi connectivity index (χ4v) is 4.89. The van der Waals surface area contributed by atoms with Crippen LogP contribution in [-0.2, 0) is 4.84 Å². The first-order valence-electron chi connectivity index (χ1n) is 12.0. The molecule has 2 amide bonds. The number of aromatic nitrogens is 3. The van der Waals surface area contributed by atoms with E-state index in [-0.39, 0.29) is 22.9 Å². The molecule has 0 spiro atoms. The van der Waals surface area contributed by atoms with Gasteiger partial charge in [0.1, 0.15) is 11.2 Å². The zero-order valence-electron chi connectivity index (χ0n) is 19.6. The fourth-order valence-electron chi connectivity index (χ4n) is 4.89. The Balaban J connectivity index is 1.46. The number of carbonyl (C=O) groups excluding carboxylic acids is 2. The van der Waals surface area contributed by atoms with Gasteiger partial charge in [-0.25, -0.2) is 10.5 Å².